The third-order valence-corrected chi connectivity index (χ3v) is 4.48. The van der Waals surface area contributed by atoms with Gasteiger partial charge >= 0.3 is 0 Å². The highest BCUT2D eigenvalue weighted by atomic mass is 32.1. The van der Waals surface area contributed by atoms with E-state index < -0.39 is 0 Å². The minimum absolute atomic E-state index is 0.437. The van der Waals surface area contributed by atoms with Gasteiger partial charge in [0.25, 0.3) is 0 Å². The zero-order chi connectivity index (χ0) is 13.7. The van der Waals surface area contributed by atoms with E-state index in [0.29, 0.717) is 6.04 Å². The summed E-state index contributed by atoms with van der Waals surface area (Å²) >= 11 is 1.80. The Labute approximate surface area is 120 Å². The van der Waals surface area contributed by atoms with Crippen molar-refractivity contribution in [3.05, 3.63) is 57.3 Å². The molecule has 1 aromatic carbocycles. The van der Waals surface area contributed by atoms with Crippen LogP contribution in [0, 0.1) is 13.8 Å². The first-order valence-electron chi connectivity index (χ1n) is 7.03. The van der Waals surface area contributed by atoms with Gasteiger partial charge in [0.05, 0.1) is 0 Å². The van der Waals surface area contributed by atoms with Crippen molar-refractivity contribution in [1.29, 1.82) is 0 Å². The summed E-state index contributed by atoms with van der Waals surface area (Å²) < 4.78 is 0. The van der Waals surface area contributed by atoms with E-state index in [1.54, 1.807) is 11.3 Å². The standard InChI is InChI=1S/C17H23NS/c1-4-9-18-17(16-12-19-11-14(16)3)10-15-8-6-5-7-13(15)2/h5-8,11-12,17-18H,4,9-10H2,1-3H3. The fraction of sp³-hybridized carbons (Fsp3) is 0.412. The number of nitrogens with one attached hydrogen (secondary N) is 1. The van der Waals surface area contributed by atoms with Crippen LogP contribution < -0.4 is 5.32 Å². The van der Waals surface area contributed by atoms with Crippen molar-refractivity contribution in [2.45, 2.75) is 39.7 Å². The second-order valence-electron chi connectivity index (χ2n) is 5.15. The number of aryl methyl sites for hydroxylation is 2. The second kappa shape index (κ2) is 6.88. The lowest BCUT2D eigenvalue weighted by Crippen LogP contribution is -2.24. The molecule has 0 aliphatic carbocycles. The largest absolute Gasteiger partial charge is 0.310 e. The van der Waals surface area contributed by atoms with Crippen LogP contribution in [0.5, 0.6) is 0 Å². The van der Waals surface area contributed by atoms with E-state index in [1.807, 2.05) is 0 Å². The fourth-order valence-electron chi connectivity index (χ4n) is 2.40. The maximum Gasteiger partial charge on any atom is 0.0371 e. The van der Waals surface area contributed by atoms with Gasteiger partial charge in [-0.05, 0) is 66.2 Å². The van der Waals surface area contributed by atoms with Gasteiger partial charge in [-0.25, -0.2) is 0 Å². The quantitative estimate of drug-likeness (QED) is 0.808. The maximum absolute atomic E-state index is 3.70. The van der Waals surface area contributed by atoms with Crippen molar-refractivity contribution in [3.63, 3.8) is 0 Å². The monoisotopic (exact) mass is 273 g/mol. The summed E-state index contributed by atoms with van der Waals surface area (Å²) in [6, 6.07) is 9.14. The number of rotatable bonds is 6. The first-order valence-corrected chi connectivity index (χ1v) is 7.97. The molecule has 0 saturated heterocycles. The lowest BCUT2D eigenvalue weighted by atomic mass is 9.96. The Hall–Kier alpha value is -1.12. The number of thiophene rings is 1. The molecule has 1 N–H and O–H groups in total. The molecule has 1 aromatic heterocycles. The van der Waals surface area contributed by atoms with E-state index >= 15 is 0 Å². The Kier molecular flexibility index (Phi) is 5.17. The molecule has 0 spiro atoms. The second-order valence-corrected chi connectivity index (χ2v) is 5.89. The summed E-state index contributed by atoms with van der Waals surface area (Å²) in [7, 11) is 0. The molecule has 0 saturated carbocycles. The van der Waals surface area contributed by atoms with Gasteiger partial charge in [0.1, 0.15) is 0 Å². The molecule has 1 atom stereocenters. The Morgan fingerprint density at radius 3 is 2.53 bits per heavy atom. The van der Waals surface area contributed by atoms with E-state index in [4.69, 9.17) is 0 Å². The minimum atomic E-state index is 0.437. The number of benzene rings is 1. The normalized spacial score (nSPS) is 12.6. The number of hydrogen-bond acceptors (Lipinski definition) is 2. The summed E-state index contributed by atoms with van der Waals surface area (Å²) in [5.41, 5.74) is 5.70. The van der Waals surface area contributed by atoms with E-state index in [2.05, 4.69) is 61.1 Å². The zero-order valence-electron chi connectivity index (χ0n) is 12.1. The van der Waals surface area contributed by atoms with Crippen LogP contribution in [-0.4, -0.2) is 6.54 Å². The van der Waals surface area contributed by atoms with Crippen LogP contribution in [-0.2, 0) is 6.42 Å². The van der Waals surface area contributed by atoms with Crippen LogP contribution in [0.1, 0.15) is 41.6 Å². The topological polar surface area (TPSA) is 12.0 Å². The van der Waals surface area contributed by atoms with Crippen molar-refractivity contribution >= 4 is 11.3 Å². The summed E-state index contributed by atoms with van der Waals surface area (Å²) in [5.74, 6) is 0. The Morgan fingerprint density at radius 1 is 1.11 bits per heavy atom. The predicted octanol–water partition coefficient (Wildman–Crippen LogP) is 4.65. The molecule has 1 nitrogen and oxygen atoms in total. The van der Waals surface area contributed by atoms with Crippen molar-refractivity contribution in [3.8, 4) is 0 Å². The van der Waals surface area contributed by atoms with Crippen molar-refractivity contribution < 1.29 is 0 Å². The van der Waals surface area contributed by atoms with Gasteiger partial charge in [-0.15, -0.1) is 0 Å². The van der Waals surface area contributed by atoms with Gasteiger partial charge in [0.15, 0.2) is 0 Å². The molecule has 0 aliphatic rings. The van der Waals surface area contributed by atoms with Crippen molar-refractivity contribution in [2.24, 2.45) is 0 Å². The highest BCUT2D eigenvalue weighted by Gasteiger charge is 2.15. The summed E-state index contributed by atoms with van der Waals surface area (Å²) in [6.07, 6.45) is 2.25. The average molecular weight is 273 g/mol. The molecular formula is C17H23NS. The molecule has 102 valence electrons. The molecule has 1 unspecified atom stereocenters. The van der Waals surface area contributed by atoms with Gasteiger partial charge in [-0.3, -0.25) is 0 Å². The van der Waals surface area contributed by atoms with E-state index in [0.717, 1.165) is 13.0 Å². The minimum Gasteiger partial charge on any atom is -0.310 e. The van der Waals surface area contributed by atoms with Gasteiger partial charge < -0.3 is 5.32 Å². The third kappa shape index (κ3) is 3.68. The highest BCUT2D eigenvalue weighted by molar-refractivity contribution is 7.08. The SMILES string of the molecule is CCCNC(Cc1ccccc1C)c1cscc1C. The van der Waals surface area contributed by atoms with Gasteiger partial charge in [0.2, 0.25) is 0 Å². The van der Waals surface area contributed by atoms with Crippen LogP contribution in [0.4, 0.5) is 0 Å². The fourth-order valence-corrected chi connectivity index (χ4v) is 3.30. The third-order valence-electron chi connectivity index (χ3n) is 3.60. The molecule has 0 radical (unpaired) electrons. The molecule has 0 bridgehead atoms. The van der Waals surface area contributed by atoms with Crippen LogP contribution >= 0.6 is 11.3 Å². The molecular weight excluding hydrogens is 250 g/mol. The van der Waals surface area contributed by atoms with Crippen LogP contribution in [0.2, 0.25) is 0 Å². The maximum atomic E-state index is 3.70. The van der Waals surface area contributed by atoms with Crippen molar-refractivity contribution in [2.75, 3.05) is 6.54 Å². The van der Waals surface area contributed by atoms with Gasteiger partial charge in [0, 0.05) is 6.04 Å². The molecule has 1 heterocycles. The van der Waals surface area contributed by atoms with Gasteiger partial charge in [-0.2, -0.15) is 11.3 Å². The predicted molar refractivity (Wildman–Crippen MR) is 85.0 cm³/mol. The van der Waals surface area contributed by atoms with Gasteiger partial charge in [-0.1, -0.05) is 31.2 Å². The lowest BCUT2D eigenvalue weighted by molar-refractivity contribution is 0.528. The number of hydrogen-bond donors (Lipinski definition) is 1. The summed E-state index contributed by atoms with van der Waals surface area (Å²) in [4.78, 5) is 0. The van der Waals surface area contributed by atoms with Crippen LogP contribution in [0.15, 0.2) is 35.0 Å². The Morgan fingerprint density at radius 2 is 1.89 bits per heavy atom. The molecule has 0 aliphatic heterocycles. The Bertz CT molecular complexity index is 515. The smallest absolute Gasteiger partial charge is 0.0371 e. The molecule has 2 heteroatoms. The Balaban J connectivity index is 2.19. The van der Waals surface area contributed by atoms with Crippen LogP contribution in [0.25, 0.3) is 0 Å². The molecule has 0 amide bonds. The summed E-state index contributed by atoms with van der Waals surface area (Å²) in [5, 5.41) is 8.23. The molecule has 19 heavy (non-hydrogen) atoms. The van der Waals surface area contributed by atoms with Crippen LogP contribution in [0.3, 0.4) is 0 Å². The first kappa shape index (κ1) is 14.3. The van der Waals surface area contributed by atoms with E-state index in [-0.39, 0.29) is 0 Å². The first-order chi connectivity index (χ1) is 9.22. The van der Waals surface area contributed by atoms with E-state index in [1.165, 1.54) is 28.7 Å². The summed E-state index contributed by atoms with van der Waals surface area (Å²) in [6.45, 7) is 7.71. The highest BCUT2D eigenvalue weighted by Crippen LogP contribution is 2.26. The van der Waals surface area contributed by atoms with Crippen molar-refractivity contribution in [1.82, 2.24) is 5.32 Å². The lowest BCUT2D eigenvalue weighted by Gasteiger charge is -2.20. The molecule has 0 fully saturated rings. The average Bonchev–Trinajstić information content (AvgIpc) is 2.83. The van der Waals surface area contributed by atoms with E-state index in [9.17, 15) is 0 Å². The molecule has 2 aromatic rings. The zero-order valence-corrected chi connectivity index (χ0v) is 12.9. The molecule has 2 rings (SSSR count).